The molecule has 0 saturated carbocycles. The molecule has 0 aliphatic carbocycles. The third-order valence-corrected chi connectivity index (χ3v) is 5.30. The first-order valence-corrected chi connectivity index (χ1v) is 9.84. The summed E-state index contributed by atoms with van der Waals surface area (Å²) in [6, 6.07) is 8.11. The maximum Gasteiger partial charge on any atom is 0.260 e. The van der Waals surface area contributed by atoms with Crippen molar-refractivity contribution in [2.75, 3.05) is 19.7 Å². The fourth-order valence-corrected chi connectivity index (χ4v) is 3.88. The molecule has 0 radical (unpaired) electrons. The minimum Gasteiger partial charge on any atom is -0.483 e. The van der Waals surface area contributed by atoms with E-state index in [0.29, 0.717) is 6.54 Å². The van der Waals surface area contributed by atoms with Crippen molar-refractivity contribution >= 4 is 5.91 Å². The number of nitrogens with zero attached hydrogens (tertiary/aromatic N) is 4. The molecule has 7 heteroatoms. The Morgan fingerprint density at radius 3 is 2.89 bits per heavy atom. The van der Waals surface area contributed by atoms with Gasteiger partial charge in [0.05, 0.1) is 6.04 Å². The van der Waals surface area contributed by atoms with Crippen LogP contribution in [0.3, 0.4) is 0 Å². The molecule has 1 fully saturated rings. The summed E-state index contributed by atoms with van der Waals surface area (Å²) in [7, 11) is 0. The van der Waals surface area contributed by atoms with E-state index in [1.54, 1.807) is 0 Å². The molecular weight excluding hydrogens is 342 g/mol. The predicted octanol–water partition coefficient (Wildman–Crippen LogP) is 2.21. The molecule has 0 bridgehead atoms. The van der Waals surface area contributed by atoms with E-state index in [0.717, 1.165) is 68.3 Å². The van der Waals surface area contributed by atoms with Crippen molar-refractivity contribution in [3.05, 3.63) is 41.5 Å². The molecule has 4 rings (SSSR count). The smallest absolute Gasteiger partial charge is 0.260 e. The fraction of sp³-hybridized carbons (Fsp3) is 0.550. The van der Waals surface area contributed by atoms with Crippen LogP contribution in [0.2, 0.25) is 0 Å². The van der Waals surface area contributed by atoms with E-state index in [1.165, 1.54) is 0 Å². The Morgan fingerprint density at radius 1 is 1.22 bits per heavy atom. The molecule has 7 nitrogen and oxygen atoms in total. The number of nitrogens with one attached hydrogen (secondary N) is 1. The van der Waals surface area contributed by atoms with Crippen LogP contribution >= 0.6 is 0 Å². The average molecular weight is 369 g/mol. The second-order valence-corrected chi connectivity index (χ2v) is 7.30. The summed E-state index contributed by atoms with van der Waals surface area (Å²) in [6.07, 6.45) is 4.33. The maximum absolute atomic E-state index is 12.2. The molecule has 1 N–H and O–H groups in total. The SMILES string of the molecule is Cc1nc2n(n1)CCCC2NCc1ccccc1OCC(=O)N1CCCC1. The number of aromatic nitrogens is 3. The highest BCUT2D eigenvalue weighted by Crippen LogP contribution is 2.25. The van der Waals surface area contributed by atoms with Gasteiger partial charge in [-0.25, -0.2) is 9.67 Å². The lowest BCUT2D eigenvalue weighted by Crippen LogP contribution is -2.32. The predicted molar refractivity (Wildman–Crippen MR) is 101 cm³/mol. The Kier molecular flexibility index (Phi) is 5.38. The number of aryl methyl sites for hydroxylation is 2. The average Bonchev–Trinajstić information content (AvgIpc) is 3.34. The molecule has 1 unspecified atom stereocenters. The van der Waals surface area contributed by atoms with Crippen molar-refractivity contribution in [2.24, 2.45) is 0 Å². The van der Waals surface area contributed by atoms with Gasteiger partial charge in [0, 0.05) is 31.7 Å². The molecular formula is C20H27N5O2. The second-order valence-electron chi connectivity index (χ2n) is 7.30. The van der Waals surface area contributed by atoms with E-state index >= 15 is 0 Å². The van der Waals surface area contributed by atoms with Gasteiger partial charge >= 0.3 is 0 Å². The summed E-state index contributed by atoms with van der Waals surface area (Å²) in [6.45, 7) is 5.36. The first-order chi connectivity index (χ1) is 13.2. The van der Waals surface area contributed by atoms with Crippen LogP contribution < -0.4 is 10.1 Å². The van der Waals surface area contributed by atoms with Gasteiger partial charge in [0.15, 0.2) is 6.61 Å². The van der Waals surface area contributed by atoms with Gasteiger partial charge in [0.2, 0.25) is 0 Å². The maximum atomic E-state index is 12.2. The normalized spacial score (nSPS) is 19.1. The number of hydrogen-bond donors (Lipinski definition) is 1. The van der Waals surface area contributed by atoms with Gasteiger partial charge in [-0.1, -0.05) is 18.2 Å². The van der Waals surface area contributed by atoms with Gasteiger partial charge in [0.25, 0.3) is 5.91 Å². The van der Waals surface area contributed by atoms with Crippen molar-refractivity contribution < 1.29 is 9.53 Å². The van der Waals surface area contributed by atoms with Crippen molar-refractivity contribution in [2.45, 2.75) is 51.7 Å². The zero-order chi connectivity index (χ0) is 18.6. The Bertz CT molecular complexity index is 797. The molecule has 3 heterocycles. The molecule has 1 amide bonds. The minimum absolute atomic E-state index is 0.0751. The van der Waals surface area contributed by atoms with E-state index in [2.05, 4.69) is 15.4 Å². The lowest BCUT2D eigenvalue weighted by molar-refractivity contribution is -0.132. The van der Waals surface area contributed by atoms with Gasteiger partial charge < -0.3 is 15.0 Å². The van der Waals surface area contributed by atoms with Gasteiger partial charge in [0.1, 0.15) is 17.4 Å². The highest BCUT2D eigenvalue weighted by Gasteiger charge is 2.23. The molecule has 2 aliphatic rings. The molecule has 0 spiro atoms. The van der Waals surface area contributed by atoms with Crippen molar-refractivity contribution in [1.82, 2.24) is 25.0 Å². The Labute approximate surface area is 159 Å². The standard InChI is InChI=1S/C20H27N5O2/c1-15-22-20-17(8-6-12-25(20)23-15)21-13-16-7-2-3-9-18(16)27-14-19(26)24-10-4-5-11-24/h2-3,7,9,17,21H,4-6,8,10-14H2,1H3. The number of benzene rings is 1. The third kappa shape index (κ3) is 4.13. The summed E-state index contributed by atoms with van der Waals surface area (Å²) >= 11 is 0. The van der Waals surface area contributed by atoms with Crippen LogP contribution in [0.15, 0.2) is 24.3 Å². The largest absolute Gasteiger partial charge is 0.483 e. The zero-order valence-corrected chi connectivity index (χ0v) is 15.9. The Balaban J connectivity index is 1.38. The number of hydrogen-bond acceptors (Lipinski definition) is 5. The van der Waals surface area contributed by atoms with Crippen molar-refractivity contribution in [3.63, 3.8) is 0 Å². The molecule has 144 valence electrons. The topological polar surface area (TPSA) is 72.3 Å². The number of rotatable bonds is 6. The molecule has 2 aliphatic heterocycles. The molecule has 1 aromatic heterocycles. The number of likely N-dealkylation sites (tertiary alicyclic amines) is 1. The van der Waals surface area contributed by atoms with Crippen LogP contribution in [-0.2, 0) is 17.9 Å². The van der Waals surface area contributed by atoms with E-state index in [1.807, 2.05) is 40.8 Å². The van der Waals surface area contributed by atoms with E-state index < -0.39 is 0 Å². The van der Waals surface area contributed by atoms with Gasteiger partial charge in [-0.15, -0.1) is 0 Å². The highest BCUT2D eigenvalue weighted by atomic mass is 16.5. The Hall–Kier alpha value is -2.41. The first kappa shape index (κ1) is 18.0. The van der Waals surface area contributed by atoms with Crippen LogP contribution in [0, 0.1) is 6.92 Å². The van der Waals surface area contributed by atoms with Crippen molar-refractivity contribution in [1.29, 1.82) is 0 Å². The van der Waals surface area contributed by atoms with Crippen LogP contribution in [0.25, 0.3) is 0 Å². The van der Waals surface area contributed by atoms with Gasteiger partial charge in [-0.05, 0) is 38.7 Å². The molecule has 1 aromatic carbocycles. The van der Waals surface area contributed by atoms with Gasteiger partial charge in [-0.2, -0.15) is 5.10 Å². The fourth-order valence-electron chi connectivity index (χ4n) is 3.88. The van der Waals surface area contributed by atoms with Crippen LogP contribution in [-0.4, -0.2) is 45.3 Å². The quantitative estimate of drug-likeness (QED) is 0.845. The number of carbonyl (C=O) groups is 1. The summed E-state index contributed by atoms with van der Waals surface area (Å²) in [4.78, 5) is 18.7. The number of fused-ring (bicyclic) bond motifs is 1. The Morgan fingerprint density at radius 2 is 2.04 bits per heavy atom. The lowest BCUT2D eigenvalue weighted by Gasteiger charge is -2.24. The second kappa shape index (κ2) is 8.08. The number of carbonyl (C=O) groups excluding carboxylic acids is 1. The summed E-state index contributed by atoms with van der Waals surface area (Å²) in [5, 5.41) is 8.05. The van der Waals surface area contributed by atoms with Crippen LogP contribution in [0.5, 0.6) is 5.75 Å². The summed E-state index contributed by atoms with van der Waals surface area (Å²) < 4.78 is 7.87. The molecule has 1 saturated heterocycles. The monoisotopic (exact) mass is 369 g/mol. The molecule has 1 atom stereocenters. The molecule has 2 aromatic rings. The third-order valence-electron chi connectivity index (χ3n) is 5.30. The summed E-state index contributed by atoms with van der Waals surface area (Å²) in [5.41, 5.74) is 1.06. The lowest BCUT2D eigenvalue weighted by atomic mass is 10.1. The van der Waals surface area contributed by atoms with E-state index in [4.69, 9.17) is 4.74 Å². The van der Waals surface area contributed by atoms with Crippen LogP contribution in [0.1, 0.15) is 48.9 Å². The van der Waals surface area contributed by atoms with Gasteiger partial charge in [-0.3, -0.25) is 4.79 Å². The van der Waals surface area contributed by atoms with E-state index in [-0.39, 0.29) is 18.6 Å². The number of amides is 1. The summed E-state index contributed by atoms with van der Waals surface area (Å²) in [5.74, 6) is 2.68. The minimum atomic E-state index is 0.0751. The highest BCUT2D eigenvalue weighted by molar-refractivity contribution is 5.78. The van der Waals surface area contributed by atoms with Crippen LogP contribution in [0.4, 0.5) is 0 Å². The zero-order valence-electron chi connectivity index (χ0n) is 15.9. The molecule has 27 heavy (non-hydrogen) atoms. The van der Waals surface area contributed by atoms with E-state index in [9.17, 15) is 4.79 Å². The van der Waals surface area contributed by atoms with Crippen molar-refractivity contribution in [3.8, 4) is 5.75 Å². The number of para-hydroxylation sites is 1. The first-order valence-electron chi connectivity index (χ1n) is 9.84. The number of ether oxygens (including phenoxy) is 1.